The van der Waals surface area contributed by atoms with Crippen LogP contribution in [-0.2, 0) is 41.5 Å². The molecule has 51 heavy (non-hydrogen) atoms. The Bertz CT molecular complexity index is 2360. The molecule has 0 radical (unpaired) electrons. The number of nitrogens with zero attached hydrogens (tertiary/aromatic N) is 5. The summed E-state index contributed by atoms with van der Waals surface area (Å²) in [7, 11) is 0. The molecule has 0 N–H and O–H groups in total. The van der Waals surface area contributed by atoms with E-state index in [2.05, 4.69) is 56.3 Å². The first-order valence-corrected chi connectivity index (χ1v) is 15.9. The van der Waals surface area contributed by atoms with Gasteiger partial charge in [0.15, 0.2) is 0 Å². The molecule has 0 saturated carbocycles. The fourth-order valence-electron chi connectivity index (χ4n) is 5.90. The third-order valence-electron chi connectivity index (χ3n) is 8.09. The zero-order chi connectivity index (χ0) is 33.5. The molecule has 4 aromatic heterocycles. The van der Waals surface area contributed by atoms with Crippen LogP contribution in [0.25, 0.3) is 50.3 Å². The molecule has 0 aliphatic rings. The molecule has 0 spiro atoms. The number of ether oxygens (including phenoxy) is 2. The molecule has 0 aliphatic heterocycles. The minimum Gasteiger partial charge on any atom is -0.503 e. The third kappa shape index (κ3) is 7.55. The maximum atomic E-state index is 6.38. The summed E-state index contributed by atoms with van der Waals surface area (Å²) in [4.78, 5) is 18.2. The van der Waals surface area contributed by atoms with Gasteiger partial charge in [0.2, 0.25) is 5.95 Å². The van der Waals surface area contributed by atoms with Crippen molar-refractivity contribution in [3.63, 3.8) is 0 Å². The molecular weight excluding hydrogens is 908 g/mol. The van der Waals surface area contributed by atoms with Crippen molar-refractivity contribution < 1.29 is 51.0 Å². The fraction of sp³-hybridized carbons (Fsp3) is 0.0952. The van der Waals surface area contributed by atoms with Crippen molar-refractivity contribution in [1.29, 1.82) is 0 Å². The summed E-state index contributed by atoms with van der Waals surface area (Å²) < 4.78 is 14.7. The van der Waals surface area contributed by atoms with Gasteiger partial charge >= 0.3 is 41.5 Å². The summed E-state index contributed by atoms with van der Waals surface area (Å²) in [6, 6.07) is 39.4. The van der Waals surface area contributed by atoms with E-state index < -0.39 is 0 Å². The Morgan fingerprint density at radius 1 is 0.490 bits per heavy atom. The quantitative estimate of drug-likeness (QED) is 0.117. The van der Waals surface area contributed by atoms with Gasteiger partial charge in [-0.1, -0.05) is 72.4 Å². The summed E-state index contributed by atoms with van der Waals surface area (Å²) in [6.45, 7) is 8.15. The third-order valence-corrected chi connectivity index (χ3v) is 8.09. The summed E-state index contributed by atoms with van der Waals surface area (Å²) >= 11 is 0. The topological polar surface area (TPSA) is 75.0 Å². The molecule has 0 atom stereocenters. The summed E-state index contributed by atoms with van der Waals surface area (Å²) in [5, 5.41) is 1.90. The van der Waals surface area contributed by atoms with Gasteiger partial charge < -0.3 is 24.0 Å². The molecular formula is C42H29N5O2PdPt. The van der Waals surface area contributed by atoms with Gasteiger partial charge in [-0.2, -0.15) is 22.9 Å². The molecule has 8 aromatic rings. The van der Waals surface area contributed by atoms with Crippen LogP contribution < -0.4 is 9.47 Å². The molecule has 0 unspecified atom stereocenters. The van der Waals surface area contributed by atoms with Gasteiger partial charge in [0, 0.05) is 47.8 Å². The largest absolute Gasteiger partial charge is 2.00 e. The van der Waals surface area contributed by atoms with Crippen LogP contribution in [0, 0.1) is 52.0 Å². The molecule has 0 saturated heterocycles. The van der Waals surface area contributed by atoms with Crippen LogP contribution in [0.5, 0.6) is 23.0 Å². The number of fused-ring (bicyclic) bond motifs is 3. The maximum Gasteiger partial charge on any atom is 2.00 e. The van der Waals surface area contributed by atoms with Gasteiger partial charge in [-0.25, -0.2) is 9.97 Å². The predicted octanol–water partition coefficient (Wildman–Crippen LogP) is 9.71. The van der Waals surface area contributed by atoms with Crippen LogP contribution >= 0.6 is 0 Å². The minimum atomic E-state index is 0. The molecule has 0 bridgehead atoms. The molecule has 0 amide bonds. The molecule has 0 aliphatic carbocycles. The van der Waals surface area contributed by atoms with Gasteiger partial charge in [-0.05, 0) is 43.4 Å². The molecule has 0 fully saturated rings. The second kappa shape index (κ2) is 15.1. The summed E-state index contributed by atoms with van der Waals surface area (Å²) in [5.41, 5.74) is 9.23. The second-order valence-corrected chi connectivity index (χ2v) is 12.1. The van der Waals surface area contributed by atoms with Gasteiger partial charge in [0.05, 0.1) is 0 Å². The van der Waals surface area contributed by atoms with E-state index in [1.807, 2.05) is 92.9 Å². The SMILES string of the molecule is Cc1cc(Oc2[c-]c3c(cc2)c2ccc(Oc4[c-]c(-c5cc(C)ccn5)cc(C)c4)[c-]c2n3-c2ncccn2)[c-]c(-c2cc(C)ccn2)c1.[Pd+2].[Pt+2]. The van der Waals surface area contributed by atoms with Crippen molar-refractivity contribution in [3.8, 4) is 51.5 Å². The first-order valence-electron chi connectivity index (χ1n) is 15.9. The first kappa shape index (κ1) is 35.8. The zero-order valence-electron chi connectivity index (χ0n) is 28.0. The van der Waals surface area contributed by atoms with Gasteiger partial charge in [-0.15, -0.1) is 58.7 Å². The average Bonchev–Trinajstić information content (AvgIpc) is 3.41. The van der Waals surface area contributed by atoms with E-state index in [0.29, 0.717) is 28.9 Å². The Balaban J connectivity index is 0.00000224. The molecule has 7 nitrogen and oxygen atoms in total. The van der Waals surface area contributed by atoms with Crippen molar-refractivity contribution in [3.05, 3.63) is 150 Å². The van der Waals surface area contributed by atoms with Crippen LogP contribution in [0.4, 0.5) is 0 Å². The number of benzene rings is 4. The van der Waals surface area contributed by atoms with Crippen LogP contribution in [0.2, 0.25) is 0 Å². The summed E-state index contributed by atoms with van der Waals surface area (Å²) in [5.74, 6) is 2.68. The van der Waals surface area contributed by atoms with E-state index in [1.165, 1.54) is 0 Å². The Hall–Kier alpha value is -4.99. The number of rotatable bonds is 7. The van der Waals surface area contributed by atoms with E-state index in [-0.39, 0.29) is 41.5 Å². The van der Waals surface area contributed by atoms with Gasteiger partial charge in [-0.3, -0.25) is 0 Å². The molecule has 8 rings (SSSR count). The Labute approximate surface area is 324 Å². The monoisotopic (exact) mass is 936 g/mol. The van der Waals surface area contributed by atoms with E-state index in [0.717, 1.165) is 66.6 Å². The first-order chi connectivity index (χ1) is 23.9. The number of pyridine rings is 2. The van der Waals surface area contributed by atoms with E-state index in [9.17, 15) is 0 Å². The van der Waals surface area contributed by atoms with Crippen LogP contribution in [0.15, 0.2) is 104 Å². The Morgan fingerprint density at radius 3 is 1.41 bits per heavy atom. The number of aryl methyl sites for hydroxylation is 4. The van der Waals surface area contributed by atoms with E-state index in [1.54, 1.807) is 30.9 Å². The number of hydrogen-bond acceptors (Lipinski definition) is 6. The van der Waals surface area contributed by atoms with Crippen molar-refractivity contribution in [2.24, 2.45) is 0 Å². The van der Waals surface area contributed by atoms with E-state index in [4.69, 9.17) is 9.47 Å². The molecule has 254 valence electrons. The molecule has 4 aromatic carbocycles. The second-order valence-electron chi connectivity index (χ2n) is 12.1. The van der Waals surface area contributed by atoms with Crippen LogP contribution in [0.3, 0.4) is 0 Å². The Morgan fingerprint density at radius 2 is 0.961 bits per heavy atom. The van der Waals surface area contributed by atoms with E-state index >= 15 is 0 Å². The average molecular weight is 937 g/mol. The standard InChI is InChI=1S/C42H29N5O2.Pd.Pt/c1-26-10-14-43-38(20-26)30-16-28(3)18-34(22-30)48-32-6-8-36-37-9-7-33(25-41(37)47(40(36)24-32)42-45-12-5-13-46-42)49-35-19-29(4)17-31(23-35)39-21-27(2)11-15-44-39;;/h5-21H,1-4H3;;/q-4;2*+2. The van der Waals surface area contributed by atoms with Gasteiger partial charge in [0.25, 0.3) is 0 Å². The van der Waals surface area contributed by atoms with Crippen LogP contribution in [-0.4, -0.2) is 24.5 Å². The normalized spacial score (nSPS) is 10.8. The summed E-state index contributed by atoms with van der Waals surface area (Å²) in [6.07, 6.45) is 7.04. The Kier molecular flexibility index (Phi) is 10.6. The maximum absolute atomic E-state index is 6.38. The fourth-order valence-corrected chi connectivity index (χ4v) is 5.90. The van der Waals surface area contributed by atoms with Crippen molar-refractivity contribution in [1.82, 2.24) is 24.5 Å². The number of hydrogen-bond donors (Lipinski definition) is 0. The van der Waals surface area contributed by atoms with Crippen molar-refractivity contribution >= 4 is 21.8 Å². The molecule has 4 heterocycles. The number of aromatic nitrogens is 5. The van der Waals surface area contributed by atoms with Gasteiger partial charge in [0.1, 0.15) is 0 Å². The van der Waals surface area contributed by atoms with Crippen molar-refractivity contribution in [2.75, 3.05) is 0 Å². The smallest absolute Gasteiger partial charge is 0.503 e. The zero-order valence-corrected chi connectivity index (χ0v) is 31.8. The predicted molar refractivity (Wildman–Crippen MR) is 190 cm³/mol. The van der Waals surface area contributed by atoms with Crippen LogP contribution in [0.1, 0.15) is 22.3 Å². The van der Waals surface area contributed by atoms with Crippen molar-refractivity contribution in [2.45, 2.75) is 27.7 Å². The molecule has 9 heteroatoms. The minimum absolute atomic E-state index is 0.